The van der Waals surface area contributed by atoms with Gasteiger partial charge in [-0.1, -0.05) is 31.2 Å². The smallest absolute Gasteiger partial charge is 0.323 e. The van der Waals surface area contributed by atoms with Crippen LogP contribution in [0.15, 0.2) is 66.7 Å². The lowest BCUT2D eigenvalue weighted by Crippen LogP contribution is -2.47. The molecule has 9 nitrogen and oxygen atoms in total. The third-order valence-electron chi connectivity index (χ3n) is 6.52. The van der Waals surface area contributed by atoms with Crippen LogP contribution in [0, 0.1) is 0 Å². The molecule has 0 aliphatic carbocycles. The number of methoxy groups -OCH3 is 1. The van der Waals surface area contributed by atoms with Crippen LogP contribution in [0.5, 0.6) is 11.5 Å². The summed E-state index contributed by atoms with van der Waals surface area (Å²) in [4.78, 5) is 30.5. The Balaban J connectivity index is 1.50. The van der Waals surface area contributed by atoms with Gasteiger partial charge in [-0.25, -0.2) is 4.79 Å². The molecule has 0 saturated carbocycles. The molecular formula is C30H37N5O4. The minimum atomic E-state index is -0.416. The van der Waals surface area contributed by atoms with Gasteiger partial charge in [0, 0.05) is 44.1 Å². The van der Waals surface area contributed by atoms with E-state index in [-0.39, 0.29) is 5.91 Å². The van der Waals surface area contributed by atoms with Crippen LogP contribution in [-0.2, 0) is 0 Å². The van der Waals surface area contributed by atoms with E-state index >= 15 is 0 Å². The molecule has 1 saturated heterocycles. The van der Waals surface area contributed by atoms with Gasteiger partial charge in [0.2, 0.25) is 0 Å². The summed E-state index contributed by atoms with van der Waals surface area (Å²) in [6, 6.07) is 20.3. The standard InChI is InChI=1S/C30H37N5O4/c1-4-16-31-29(36)23-21-22(32-30(37)33-24-10-6-8-12-27(24)39-5-2)14-15-25(23)34-17-19-35(20-18-34)26-11-7-9-13-28(26)38-3/h6-15,21H,4-5,16-20H2,1-3H3,(H,31,36)(H2,32,33,37). The molecule has 3 N–H and O–H groups in total. The van der Waals surface area contributed by atoms with E-state index in [9.17, 15) is 9.59 Å². The molecule has 9 heteroatoms. The Labute approximate surface area is 230 Å². The Kier molecular flexibility index (Phi) is 9.50. The normalized spacial score (nSPS) is 13.0. The molecule has 0 radical (unpaired) electrons. The number of amides is 3. The lowest BCUT2D eigenvalue weighted by Gasteiger charge is -2.38. The lowest BCUT2D eigenvalue weighted by molar-refractivity contribution is 0.0954. The van der Waals surface area contributed by atoms with E-state index in [1.165, 1.54) is 0 Å². The van der Waals surface area contributed by atoms with E-state index in [1.807, 2.05) is 56.3 Å². The number of nitrogens with zero attached hydrogens (tertiary/aromatic N) is 2. The molecular weight excluding hydrogens is 494 g/mol. The van der Waals surface area contributed by atoms with Crippen molar-refractivity contribution >= 4 is 34.7 Å². The topological polar surface area (TPSA) is 95.2 Å². The molecule has 1 heterocycles. The first kappa shape index (κ1) is 27.6. The summed E-state index contributed by atoms with van der Waals surface area (Å²) >= 11 is 0. The van der Waals surface area contributed by atoms with Crippen molar-refractivity contribution in [2.75, 3.05) is 66.9 Å². The van der Waals surface area contributed by atoms with Gasteiger partial charge in [0.05, 0.1) is 30.7 Å². The number of hydrogen-bond acceptors (Lipinski definition) is 6. The number of carbonyl (C=O) groups excluding carboxylic acids is 2. The molecule has 1 aliphatic rings. The van der Waals surface area contributed by atoms with E-state index in [0.29, 0.717) is 35.8 Å². The number of para-hydroxylation sites is 4. The quantitative estimate of drug-likeness (QED) is 0.333. The second kappa shape index (κ2) is 13.4. The predicted octanol–water partition coefficient (Wildman–Crippen LogP) is 5.20. The fourth-order valence-corrected chi connectivity index (χ4v) is 4.62. The van der Waals surface area contributed by atoms with E-state index in [2.05, 4.69) is 31.8 Å². The van der Waals surface area contributed by atoms with Gasteiger partial charge in [-0.05, 0) is 55.8 Å². The zero-order valence-electron chi connectivity index (χ0n) is 22.8. The second-order valence-corrected chi connectivity index (χ2v) is 9.14. The number of rotatable bonds is 10. The van der Waals surface area contributed by atoms with Crippen molar-refractivity contribution in [3.63, 3.8) is 0 Å². The Morgan fingerprint density at radius 1 is 0.821 bits per heavy atom. The van der Waals surface area contributed by atoms with E-state index < -0.39 is 6.03 Å². The molecule has 1 fully saturated rings. The van der Waals surface area contributed by atoms with E-state index in [1.54, 1.807) is 25.3 Å². The van der Waals surface area contributed by atoms with Gasteiger partial charge in [-0.3, -0.25) is 4.79 Å². The Hall–Kier alpha value is -4.40. The SMILES string of the molecule is CCCNC(=O)c1cc(NC(=O)Nc2ccccc2OCC)ccc1N1CCN(c2ccccc2OC)CC1. The van der Waals surface area contributed by atoms with Crippen LogP contribution in [0.25, 0.3) is 0 Å². The van der Waals surface area contributed by atoms with Crippen LogP contribution in [0.1, 0.15) is 30.6 Å². The monoisotopic (exact) mass is 531 g/mol. The summed E-state index contributed by atoms with van der Waals surface area (Å²) in [5, 5.41) is 8.67. The molecule has 1 aliphatic heterocycles. The summed E-state index contributed by atoms with van der Waals surface area (Å²) in [7, 11) is 1.68. The van der Waals surface area contributed by atoms with Crippen molar-refractivity contribution in [1.29, 1.82) is 0 Å². The molecule has 0 spiro atoms. The van der Waals surface area contributed by atoms with Crippen LogP contribution < -0.4 is 35.2 Å². The molecule has 3 aromatic rings. The lowest BCUT2D eigenvalue weighted by atomic mass is 10.1. The highest BCUT2D eigenvalue weighted by molar-refractivity contribution is 6.04. The Bertz CT molecular complexity index is 1270. The van der Waals surface area contributed by atoms with Gasteiger partial charge in [0.1, 0.15) is 11.5 Å². The predicted molar refractivity (Wildman–Crippen MR) is 157 cm³/mol. The molecule has 0 unspecified atom stereocenters. The van der Waals surface area contributed by atoms with Crippen LogP contribution in [-0.4, -0.2) is 58.4 Å². The number of ether oxygens (including phenoxy) is 2. The number of urea groups is 1. The molecule has 3 amide bonds. The average molecular weight is 532 g/mol. The summed E-state index contributed by atoms with van der Waals surface area (Å²) in [6.07, 6.45) is 0.832. The minimum absolute atomic E-state index is 0.162. The number of piperazine rings is 1. The summed E-state index contributed by atoms with van der Waals surface area (Å²) in [5.41, 5.74) is 3.54. The number of hydrogen-bond donors (Lipinski definition) is 3. The van der Waals surface area contributed by atoms with Gasteiger partial charge in [0.25, 0.3) is 5.91 Å². The number of carbonyl (C=O) groups is 2. The second-order valence-electron chi connectivity index (χ2n) is 9.14. The third-order valence-corrected chi connectivity index (χ3v) is 6.52. The third kappa shape index (κ3) is 6.93. The maximum absolute atomic E-state index is 13.2. The minimum Gasteiger partial charge on any atom is -0.495 e. The van der Waals surface area contributed by atoms with Crippen LogP contribution in [0.3, 0.4) is 0 Å². The molecule has 4 rings (SSSR count). The summed E-state index contributed by atoms with van der Waals surface area (Å²) < 4.78 is 11.1. The van der Waals surface area contributed by atoms with Crippen molar-refractivity contribution in [3.8, 4) is 11.5 Å². The first-order valence-corrected chi connectivity index (χ1v) is 13.4. The number of benzene rings is 3. The molecule has 0 atom stereocenters. The first-order chi connectivity index (χ1) is 19.0. The fourth-order valence-electron chi connectivity index (χ4n) is 4.62. The molecule has 0 bridgehead atoms. The largest absolute Gasteiger partial charge is 0.495 e. The maximum atomic E-state index is 13.2. The van der Waals surface area contributed by atoms with E-state index in [4.69, 9.17) is 9.47 Å². The van der Waals surface area contributed by atoms with Crippen molar-refractivity contribution in [1.82, 2.24) is 5.32 Å². The zero-order chi connectivity index (χ0) is 27.6. The highest BCUT2D eigenvalue weighted by Crippen LogP contribution is 2.31. The van der Waals surface area contributed by atoms with Crippen molar-refractivity contribution in [2.45, 2.75) is 20.3 Å². The summed E-state index contributed by atoms with van der Waals surface area (Å²) in [5.74, 6) is 1.28. The van der Waals surface area contributed by atoms with Gasteiger partial charge >= 0.3 is 6.03 Å². The van der Waals surface area contributed by atoms with Gasteiger partial charge in [0.15, 0.2) is 0 Å². The summed E-state index contributed by atoms with van der Waals surface area (Å²) in [6.45, 7) is 8.04. The Morgan fingerprint density at radius 3 is 2.18 bits per heavy atom. The molecule has 206 valence electrons. The average Bonchev–Trinajstić information content (AvgIpc) is 2.97. The highest BCUT2D eigenvalue weighted by Gasteiger charge is 2.24. The Morgan fingerprint density at radius 2 is 1.49 bits per heavy atom. The van der Waals surface area contributed by atoms with Crippen molar-refractivity contribution in [2.24, 2.45) is 0 Å². The highest BCUT2D eigenvalue weighted by atomic mass is 16.5. The molecule has 39 heavy (non-hydrogen) atoms. The molecule has 0 aromatic heterocycles. The van der Waals surface area contributed by atoms with Crippen molar-refractivity contribution in [3.05, 3.63) is 72.3 Å². The first-order valence-electron chi connectivity index (χ1n) is 13.4. The van der Waals surface area contributed by atoms with Crippen molar-refractivity contribution < 1.29 is 19.1 Å². The van der Waals surface area contributed by atoms with Crippen LogP contribution in [0.4, 0.5) is 27.5 Å². The number of anilines is 4. The van der Waals surface area contributed by atoms with Crippen LogP contribution in [0.2, 0.25) is 0 Å². The van der Waals surface area contributed by atoms with Gasteiger partial charge in [-0.15, -0.1) is 0 Å². The molecule has 3 aromatic carbocycles. The number of nitrogens with one attached hydrogen (secondary N) is 3. The fraction of sp³-hybridized carbons (Fsp3) is 0.333. The van der Waals surface area contributed by atoms with Gasteiger partial charge < -0.3 is 35.2 Å². The van der Waals surface area contributed by atoms with E-state index in [0.717, 1.165) is 49.7 Å². The van der Waals surface area contributed by atoms with Gasteiger partial charge in [-0.2, -0.15) is 0 Å². The maximum Gasteiger partial charge on any atom is 0.323 e. The zero-order valence-corrected chi connectivity index (χ0v) is 22.8. The van der Waals surface area contributed by atoms with Crippen LogP contribution >= 0.6 is 0 Å².